The third kappa shape index (κ3) is 4.01. The molecule has 0 bridgehead atoms. The number of carbonyl (C=O) groups is 1. The molecular formula is C19H16ClFN4O3. The first-order valence-corrected chi connectivity index (χ1v) is 8.68. The maximum atomic E-state index is 13.0. The van der Waals surface area contributed by atoms with Gasteiger partial charge in [0.15, 0.2) is 0 Å². The lowest BCUT2D eigenvalue weighted by Gasteiger charge is -2.07. The van der Waals surface area contributed by atoms with Gasteiger partial charge in [0, 0.05) is 17.3 Å². The molecule has 144 valence electrons. The van der Waals surface area contributed by atoms with Crippen LogP contribution in [0.15, 0.2) is 42.5 Å². The van der Waals surface area contributed by atoms with Crippen molar-refractivity contribution in [3.05, 3.63) is 85.9 Å². The van der Waals surface area contributed by atoms with Crippen molar-refractivity contribution in [1.29, 1.82) is 0 Å². The molecule has 3 rings (SSSR count). The van der Waals surface area contributed by atoms with Gasteiger partial charge in [-0.1, -0.05) is 29.8 Å². The van der Waals surface area contributed by atoms with Crippen LogP contribution in [0.2, 0.25) is 5.15 Å². The molecule has 3 aromatic rings. The molecule has 1 N–H and O–H groups in total. The molecule has 0 saturated carbocycles. The van der Waals surface area contributed by atoms with Gasteiger partial charge >= 0.3 is 0 Å². The van der Waals surface area contributed by atoms with Gasteiger partial charge in [0.2, 0.25) is 0 Å². The number of nitrogens with zero attached hydrogens (tertiary/aromatic N) is 3. The Morgan fingerprint density at radius 2 is 1.93 bits per heavy atom. The minimum absolute atomic E-state index is 0.0902. The fourth-order valence-electron chi connectivity index (χ4n) is 2.76. The van der Waals surface area contributed by atoms with Crippen LogP contribution in [0, 0.1) is 29.8 Å². The van der Waals surface area contributed by atoms with E-state index in [1.807, 2.05) is 0 Å². The molecule has 0 aliphatic carbocycles. The van der Waals surface area contributed by atoms with Gasteiger partial charge in [0.1, 0.15) is 11.0 Å². The van der Waals surface area contributed by atoms with E-state index < -0.39 is 10.8 Å². The summed E-state index contributed by atoms with van der Waals surface area (Å²) in [5.41, 5.74) is 2.03. The Labute approximate surface area is 164 Å². The smallest absolute Gasteiger partial charge is 0.274 e. The molecule has 7 nitrogen and oxygen atoms in total. The number of amides is 1. The van der Waals surface area contributed by atoms with E-state index in [1.54, 1.807) is 38.1 Å². The van der Waals surface area contributed by atoms with Crippen molar-refractivity contribution >= 4 is 28.9 Å². The molecule has 0 spiro atoms. The van der Waals surface area contributed by atoms with Gasteiger partial charge in [0.05, 0.1) is 22.7 Å². The van der Waals surface area contributed by atoms with E-state index in [1.165, 1.54) is 22.9 Å². The van der Waals surface area contributed by atoms with Gasteiger partial charge in [-0.05, 0) is 37.6 Å². The summed E-state index contributed by atoms with van der Waals surface area (Å²) >= 11 is 6.34. The number of nitrogens with one attached hydrogen (secondary N) is 1. The summed E-state index contributed by atoms with van der Waals surface area (Å²) in [5.74, 6) is -0.871. The molecule has 0 aliphatic rings. The predicted octanol–water partition coefficient (Wildman–Crippen LogP) is 4.50. The summed E-state index contributed by atoms with van der Waals surface area (Å²) in [4.78, 5) is 23.2. The lowest BCUT2D eigenvalue weighted by atomic mass is 10.1. The Morgan fingerprint density at radius 3 is 2.57 bits per heavy atom. The van der Waals surface area contributed by atoms with Crippen molar-refractivity contribution in [3.63, 3.8) is 0 Å². The van der Waals surface area contributed by atoms with E-state index in [4.69, 9.17) is 11.6 Å². The number of aromatic nitrogens is 2. The van der Waals surface area contributed by atoms with E-state index >= 15 is 0 Å². The SMILES string of the molecule is Cc1ccc(NC(=O)c2c(C)nn(Cc3ccc(F)cc3)c2Cl)cc1[N+](=O)[O-]. The Hall–Kier alpha value is -3.26. The number of hydrogen-bond acceptors (Lipinski definition) is 4. The quantitative estimate of drug-likeness (QED) is 0.502. The first kappa shape index (κ1) is 19.5. The van der Waals surface area contributed by atoms with Gasteiger partial charge in [-0.15, -0.1) is 0 Å². The molecule has 1 heterocycles. The van der Waals surface area contributed by atoms with Crippen LogP contribution in [-0.4, -0.2) is 20.6 Å². The van der Waals surface area contributed by atoms with Gasteiger partial charge in [-0.2, -0.15) is 5.10 Å². The van der Waals surface area contributed by atoms with Gasteiger partial charge in [-0.25, -0.2) is 9.07 Å². The number of nitro groups is 1. The number of carbonyl (C=O) groups excluding carboxylic acids is 1. The van der Waals surface area contributed by atoms with E-state index in [0.29, 0.717) is 11.3 Å². The summed E-state index contributed by atoms with van der Waals surface area (Å²) in [7, 11) is 0. The topological polar surface area (TPSA) is 90.1 Å². The molecule has 1 amide bonds. The zero-order valence-electron chi connectivity index (χ0n) is 15.1. The number of nitro benzene ring substituents is 1. The highest BCUT2D eigenvalue weighted by molar-refractivity contribution is 6.33. The van der Waals surface area contributed by atoms with Crippen molar-refractivity contribution in [3.8, 4) is 0 Å². The second kappa shape index (κ2) is 7.77. The Kier molecular flexibility index (Phi) is 5.41. The van der Waals surface area contributed by atoms with Crippen LogP contribution in [0.5, 0.6) is 0 Å². The van der Waals surface area contributed by atoms with Crippen LogP contribution in [-0.2, 0) is 6.54 Å². The Balaban J connectivity index is 1.84. The fourth-order valence-corrected chi connectivity index (χ4v) is 3.08. The standard InChI is InChI=1S/C19H16ClFN4O3/c1-11-3-8-15(9-16(11)25(27)28)22-19(26)17-12(2)23-24(18(17)20)10-13-4-6-14(21)7-5-13/h3-9H,10H2,1-2H3,(H,22,26). The fraction of sp³-hybridized carbons (Fsp3) is 0.158. The monoisotopic (exact) mass is 402 g/mol. The highest BCUT2D eigenvalue weighted by Crippen LogP contribution is 2.25. The maximum Gasteiger partial charge on any atom is 0.274 e. The summed E-state index contributed by atoms with van der Waals surface area (Å²) in [6, 6.07) is 10.3. The summed E-state index contributed by atoms with van der Waals surface area (Å²) in [6.45, 7) is 3.52. The second-order valence-electron chi connectivity index (χ2n) is 6.25. The largest absolute Gasteiger partial charge is 0.322 e. The minimum Gasteiger partial charge on any atom is -0.322 e. The zero-order valence-corrected chi connectivity index (χ0v) is 15.8. The van der Waals surface area contributed by atoms with Gasteiger partial charge in [0.25, 0.3) is 11.6 Å². The minimum atomic E-state index is -0.522. The molecule has 28 heavy (non-hydrogen) atoms. The van der Waals surface area contributed by atoms with Crippen molar-refractivity contribution < 1.29 is 14.1 Å². The summed E-state index contributed by atoms with van der Waals surface area (Å²) < 4.78 is 14.5. The number of rotatable bonds is 5. The normalized spacial score (nSPS) is 10.7. The van der Waals surface area contributed by atoms with Crippen LogP contribution < -0.4 is 5.32 Å². The molecule has 0 aliphatic heterocycles. The molecule has 0 fully saturated rings. The average molecular weight is 403 g/mol. The number of benzene rings is 2. The third-order valence-electron chi connectivity index (χ3n) is 4.20. The summed E-state index contributed by atoms with van der Waals surface area (Å²) in [5, 5.41) is 18.1. The van der Waals surface area contributed by atoms with Crippen molar-refractivity contribution in [1.82, 2.24) is 9.78 Å². The lowest BCUT2D eigenvalue weighted by Crippen LogP contribution is -2.13. The van der Waals surface area contributed by atoms with Crippen LogP contribution >= 0.6 is 11.6 Å². The van der Waals surface area contributed by atoms with E-state index in [-0.39, 0.29) is 34.5 Å². The number of anilines is 1. The molecule has 0 saturated heterocycles. The molecule has 0 unspecified atom stereocenters. The lowest BCUT2D eigenvalue weighted by molar-refractivity contribution is -0.385. The summed E-state index contributed by atoms with van der Waals surface area (Å²) in [6.07, 6.45) is 0. The van der Waals surface area contributed by atoms with E-state index in [9.17, 15) is 19.3 Å². The third-order valence-corrected chi connectivity index (χ3v) is 4.59. The van der Waals surface area contributed by atoms with Gasteiger partial charge < -0.3 is 5.32 Å². The van der Waals surface area contributed by atoms with Crippen LogP contribution in [0.1, 0.15) is 27.2 Å². The Morgan fingerprint density at radius 1 is 1.25 bits per heavy atom. The van der Waals surface area contributed by atoms with Crippen molar-refractivity contribution in [2.45, 2.75) is 20.4 Å². The maximum absolute atomic E-state index is 13.0. The molecule has 0 atom stereocenters. The molecule has 9 heteroatoms. The second-order valence-corrected chi connectivity index (χ2v) is 6.61. The van der Waals surface area contributed by atoms with E-state index in [0.717, 1.165) is 5.56 Å². The molecule has 1 aromatic heterocycles. The molecular weight excluding hydrogens is 387 g/mol. The first-order chi connectivity index (χ1) is 13.3. The molecule has 2 aromatic carbocycles. The predicted molar refractivity (Wildman–Crippen MR) is 103 cm³/mol. The van der Waals surface area contributed by atoms with Crippen LogP contribution in [0.25, 0.3) is 0 Å². The highest BCUT2D eigenvalue weighted by atomic mass is 35.5. The highest BCUT2D eigenvalue weighted by Gasteiger charge is 2.21. The van der Waals surface area contributed by atoms with Crippen molar-refractivity contribution in [2.24, 2.45) is 0 Å². The average Bonchev–Trinajstić information content (AvgIpc) is 2.92. The number of hydrogen-bond donors (Lipinski definition) is 1. The van der Waals surface area contributed by atoms with Gasteiger partial charge in [-0.3, -0.25) is 14.9 Å². The van der Waals surface area contributed by atoms with E-state index in [2.05, 4.69) is 10.4 Å². The number of aryl methyl sites for hydroxylation is 2. The van der Waals surface area contributed by atoms with Crippen molar-refractivity contribution in [2.75, 3.05) is 5.32 Å². The Bertz CT molecular complexity index is 1060. The zero-order chi connectivity index (χ0) is 20.4. The van der Waals surface area contributed by atoms with Crippen LogP contribution in [0.4, 0.5) is 15.8 Å². The number of halogens is 2. The first-order valence-electron chi connectivity index (χ1n) is 8.30. The molecule has 0 radical (unpaired) electrons. The van der Waals surface area contributed by atoms with Crippen LogP contribution in [0.3, 0.4) is 0 Å².